The summed E-state index contributed by atoms with van der Waals surface area (Å²) in [5.41, 5.74) is 6.00. The molecule has 1 aliphatic heterocycles. The summed E-state index contributed by atoms with van der Waals surface area (Å²) in [5, 5.41) is 0.547. The molecule has 6 heteroatoms. The highest BCUT2D eigenvalue weighted by atomic mass is 35.5. The van der Waals surface area contributed by atoms with Crippen molar-refractivity contribution in [1.29, 1.82) is 0 Å². The van der Waals surface area contributed by atoms with Crippen LogP contribution in [0.4, 0.5) is 0 Å². The van der Waals surface area contributed by atoms with Crippen molar-refractivity contribution in [3.8, 4) is 0 Å². The molecule has 1 aromatic carbocycles. The maximum absolute atomic E-state index is 13.1. The van der Waals surface area contributed by atoms with Crippen LogP contribution in [-0.4, -0.2) is 35.8 Å². The third-order valence-corrected chi connectivity index (χ3v) is 5.39. The Morgan fingerprint density at radius 2 is 2.12 bits per heavy atom. The van der Waals surface area contributed by atoms with Crippen molar-refractivity contribution < 1.29 is 9.53 Å². The van der Waals surface area contributed by atoms with Gasteiger partial charge in [-0.3, -0.25) is 4.79 Å². The van der Waals surface area contributed by atoms with Gasteiger partial charge in [0.05, 0.1) is 6.04 Å². The van der Waals surface area contributed by atoms with E-state index in [1.807, 2.05) is 38.3 Å². The number of ether oxygens (including phenoxy) is 1. The average molecular weight is 369 g/mol. The molecule has 0 aromatic heterocycles. The third kappa shape index (κ3) is 3.63. The molecule has 0 bridgehead atoms. The number of Topliss-reactive ketones (excluding diaryl/α,β-unsaturated/α-hetero) is 1. The molecule has 132 valence electrons. The standard InChI is InChI=1S/C18H25ClN2O2S/c1-4-15-16(22)18(5-2,12-8-6-7-9-13(12)19)21-17(23-15)14(20)10-11-24-3/h6-9,14-15H,4-5,10-11,20H2,1-3H3/t14-,15?,18?/m0/s1. The van der Waals surface area contributed by atoms with Gasteiger partial charge in [0.1, 0.15) is 0 Å². The van der Waals surface area contributed by atoms with Gasteiger partial charge in [-0.05, 0) is 37.3 Å². The van der Waals surface area contributed by atoms with Gasteiger partial charge in [-0.1, -0.05) is 43.6 Å². The summed E-state index contributed by atoms with van der Waals surface area (Å²) in [6.07, 6.45) is 3.36. The highest BCUT2D eigenvalue weighted by Gasteiger charge is 2.48. The summed E-state index contributed by atoms with van der Waals surface area (Å²) in [7, 11) is 0. The minimum atomic E-state index is -1.01. The fourth-order valence-corrected chi connectivity index (χ4v) is 3.76. The molecule has 0 saturated carbocycles. The number of carbonyl (C=O) groups excluding carboxylic acids is 1. The zero-order valence-electron chi connectivity index (χ0n) is 14.4. The minimum absolute atomic E-state index is 0.0404. The number of hydrogen-bond donors (Lipinski definition) is 1. The summed E-state index contributed by atoms with van der Waals surface area (Å²) >= 11 is 8.12. The van der Waals surface area contributed by atoms with E-state index in [0.717, 1.165) is 17.7 Å². The van der Waals surface area contributed by atoms with Crippen molar-refractivity contribution in [1.82, 2.24) is 0 Å². The molecule has 1 aromatic rings. The van der Waals surface area contributed by atoms with E-state index in [9.17, 15) is 4.79 Å². The molecule has 0 aliphatic carbocycles. The Hall–Kier alpha value is -1.04. The Morgan fingerprint density at radius 3 is 2.71 bits per heavy atom. The number of carbonyl (C=O) groups is 1. The molecular weight excluding hydrogens is 344 g/mol. The van der Waals surface area contributed by atoms with Gasteiger partial charge in [-0.2, -0.15) is 11.8 Å². The van der Waals surface area contributed by atoms with Crippen LogP contribution in [0.1, 0.15) is 38.7 Å². The fraction of sp³-hybridized carbons (Fsp3) is 0.556. The lowest BCUT2D eigenvalue weighted by molar-refractivity contribution is -0.134. The van der Waals surface area contributed by atoms with E-state index in [0.29, 0.717) is 23.8 Å². The lowest BCUT2D eigenvalue weighted by atomic mass is 9.80. The molecule has 2 rings (SSSR count). The molecule has 4 nitrogen and oxygen atoms in total. The van der Waals surface area contributed by atoms with Crippen LogP contribution in [0.2, 0.25) is 5.02 Å². The smallest absolute Gasteiger partial charge is 0.205 e. The summed E-state index contributed by atoms with van der Waals surface area (Å²) < 4.78 is 5.85. The van der Waals surface area contributed by atoms with Crippen molar-refractivity contribution in [2.24, 2.45) is 10.7 Å². The number of nitrogens with zero attached hydrogens (tertiary/aromatic N) is 1. The van der Waals surface area contributed by atoms with Crippen LogP contribution in [0.25, 0.3) is 0 Å². The zero-order chi connectivity index (χ0) is 17.7. The third-order valence-electron chi connectivity index (χ3n) is 4.42. The number of hydrogen-bond acceptors (Lipinski definition) is 5. The fourth-order valence-electron chi connectivity index (χ4n) is 2.98. The number of nitrogens with two attached hydrogens (primary N) is 1. The van der Waals surface area contributed by atoms with Gasteiger partial charge < -0.3 is 10.5 Å². The van der Waals surface area contributed by atoms with E-state index in [1.165, 1.54) is 0 Å². The molecule has 0 fully saturated rings. The number of aliphatic imine (C=N–C) groups is 1. The van der Waals surface area contributed by atoms with E-state index >= 15 is 0 Å². The highest BCUT2D eigenvalue weighted by Crippen LogP contribution is 2.40. The van der Waals surface area contributed by atoms with Crippen molar-refractivity contribution in [2.45, 2.75) is 50.8 Å². The normalized spacial score (nSPS) is 25.1. The topological polar surface area (TPSA) is 64.7 Å². The quantitative estimate of drug-likeness (QED) is 0.794. The molecular formula is C18H25ClN2O2S. The van der Waals surface area contributed by atoms with Gasteiger partial charge in [0.2, 0.25) is 11.7 Å². The van der Waals surface area contributed by atoms with Gasteiger partial charge >= 0.3 is 0 Å². The summed E-state index contributed by atoms with van der Waals surface area (Å²) in [5.74, 6) is 1.35. The maximum atomic E-state index is 13.1. The first-order valence-corrected chi connectivity index (χ1v) is 10.1. The van der Waals surface area contributed by atoms with Crippen LogP contribution in [0.5, 0.6) is 0 Å². The van der Waals surface area contributed by atoms with Gasteiger partial charge in [0.15, 0.2) is 11.6 Å². The van der Waals surface area contributed by atoms with Crippen molar-refractivity contribution in [3.63, 3.8) is 0 Å². The Balaban J connectivity index is 2.53. The predicted octanol–water partition coefficient (Wildman–Crippen LogP) is 3.80. The first-order chi connectivity index (χ1) is 11.5. The summed E-state index contributed by atoms with van der Waals surface area (Å²) in [4.78, 5) is 17.8. The van der Waals surface area contributed by atoms with Gasteiger partial charge in [0, 0.05) is 10.6 Å². The molecule has 0 radical (unpaired) electrons. The highest BCUT2D eigenvalue weighted by molar-refractivity contribution is 7.98. The van der Waals surface area contributed by atoms with Gasteiger partial charge in [-0.25, -0.2) is 4.99 Å². The Kier molecular flexibility index (Phi) is 6.72. The van der Waals surface area contributed by atoms with Crippen LogP contribution in [0.15, 0.2) is 29.3 Å². The second-order valence-electron chi connectivity index (χ2n) is 5.91. The SMILES string of the molecule is CCC1OC([C@@H](N)CCSC)=NC(CC)(c2ccccc2Cl)C1=O. The number of benzene rings is 1. The lowest BCUT2D eigenvalue weighted by Crippen LogP contribution is -2.51. The van der Waals surface area contributed by atoms with Crippen LogP contribution < -0.4 is 5.73 Å². The van der Waals surface area contributed by atoms with E-state index in [4.69, 9.17) is 27.1 Å². The second kappa shape index (κ2) is 8.37. The number of halogens is 1. The molecule has 0 amide bonds. The van der Waals surface area contributed by atoms with E-state index in [-0.39, 0.29) is 11.8 Å². The Labute approximate surface area is 153 Å². The Bertz CT molecular complexity index is 623. The number of rotatable bonds is 7. The minimum Gasteiger partial charge on any atom is -0.468 e. The molecule has 1 heterocycles. The first kappa shape index (κ1) is 19.3. The van der Waals surface area contributed by atoms with Crippen LogP contribution in [0.3, 0.4) is 0 Å². The molecule has 2 N–H and O–H groups in total. The van der Waals surface area contributed by atoms with Crippen molar-refractivity contribution in [2.75, 3.05) is 12.0 Å². The largest absolute Gasteiger partial charge is 0.468 e. The van der Waals surface area contributed by atoms with Crippen molar-refractivity contribution >= 4 is 35.0 Å². The van der Waals surface area contributed by atoms with Gasteiger partial charge in [0.25, 0.3) is 0 Å². The summed E-state index contributed by atoms with van der Waals surface area (Å²) in [6.45, 7) is 3.89. The monoisotopic (exact) mass is 368 g/mol. The van der Waals surface area contributed by atoms with Crippen LogP contribution in [-0.2, 0) is 15.1 Å². The molecule has 1 aliphatic rings. The molecule has 2 unspecified atom stereocenters. The van der Waals surface area contributed by atoms with E-state index in [2.05, 4.69) is 0 Å². The first-order valence-electron chi connectivity index (χ1n) is 8.30. The number of ketones is 1. The zero-order valence-corrected chi connectivity index (χ0v) is 16.0. The maximum Gasteiger partial charge on any atom is 0.205 e. The van der Waals surface area contributed by atoms with Crippen molar-refractivity contribution in [3.05, 3.63) is 34.9 Å². The summed E-state index contributed by atoms with van der Waals surface area (Å²) in [6, 6.07) is 7.08. The van der Waals surface area contributed by atoms with Crippen LogP contribution in [0, 0.1) is 0 Å². The second-order valence-corrected chi connectivity index (χ2v) is 7.30. The molecule has 24 heavy (non-hydrogen) atoms. The Morgan fingerprint density at radius 1 is 1.42 bits per heavy atom. The molecule has 3 atom stereocenters. The van der Waals surface area contributed by atoms with E-state index < -0.39 is 11.6 Å². The van der Waals surface area contributed by atoms with Crippen LogP contribution >= 0.6 is 23.4 Å². The lowest BCUT2D eigenvalue weighted by Gasteiger charge is -2.38. The predicted molar refractivity (Wildman–Crippen MR) is 102 cm³/mol. The number of thioether (sulfide) groups is 1. The van der Waals surface area contributed by atoms with Gasteiger partial charge in [-0.15, -0.1) is 0 Å². The average Bonchev–Trinajstić information content (AvgIpc) is 2.60. The molecule has 0 saturated heterocycles. The molecule has 0 spiro atoms. The van der Waals surface area contributed by atoms with E-state index in [1.54, 1.807) is 17.8 Å².